The van der Waals surface area contributed by atoms with Crippen LogP contribution in [0.4, 0.5) is 0 Å². The van der Waals surface area contributed by atoms with Crippen molar-refractivity contribution < 1.29 is 9.47 Å². The summed E-state index contributed by atoms with van der Waals surface area (Å²) in [7, 11) is 3.33. The van der Waals surface area contributed by atoms with Gasteiger partial charge in [0, 0.05) is 17.3 Å². The summed E-state index contributed by atoms with van der Waals surface area (Å²) < 4.78 is 10.7. The topological polar surface area (TPSA) is 47.1 Å². The van der Waals surface area contributed by atoms with Crippen molar-refractivity contribution in [3.63, 3.8) is 0 Å². The van der Waals surface area contributed by atoms with Gasteiger partial charge < -0.3 is 9.47 Å². The van der Waals surface area contributed by atoms with Crippen LogP contribution in [0.3, 0.4) is 0 Å². The summed E-state index contributed by atoms with van der Waals surface area (Å²) in [5.74, 6) is 1.97. The number of ether oxygens (including phenoxy) is 2. The van der Waals surface area contributed by atoms with E-state index in [1.54, 1.807) is 14.2 Å². The Kier molecular flexibility index (Phi) is 3.57. The molecule has 2 atom stereocenters. The zero-order valence-electron chi connectivity index (χ0n) is 11.5. The van der Waals surface area contributed by atoms with Crippen LogP contribution in [0, 0.1) is 0 Å². The smallest absolute Gasteiger partial charge is 0.126 e. The highest BCUT2D eigenvalue weighted by atomic mass is 35.5. The summed E-state index contributed by atoms with van der Waals surface area (Å²) in [4.78, 5) is 0. The molecule has 0 aliphatic heterocycles. The first-order chi connectivity index (χ1) is 9.72. The molecule has 3 rings (SSSR count). The third kappa shape index (κ3) is 2.24. The lowest BCUT2D eigenvalue weighted by Crippen LogP contribution is -2.14. The van der Waals surface area contributed by atoms with Crippen LogP contribution in [-0.2, 0) is 6.42 Å². The molecule has 0 saturated heterocycles. The summed E-state index contributed by atoms with van der Waals surface area (Å²) in [5.41, 5.74) is 3.41. The minimum atomic E-state index is -0.00527. The number of nitrogens with zero attached hydrogens (tertiary/aromatic N) is 1. The predicted octanol–water partition coefficient (Wildman–Crippen LogP) is 3.44. The molecular weight excluding hydrogens is 276 g/mol. The van der Waals surface area contributed by atoms with Crippen LogP contribution in [0.2, 0.25) is 0 Å². The third-order valence-electron chi connectivity index (χ3n) is 3.91. The van der Waals surface area contributed by atoms with E-state index >= 15 is 0 Å². The number of aromatic amines is 1. The number of methoxy groups -OCH3 is 2. The lowest BCUT2D eigenvalue weighted by Gasteiger charge is -2.27. The molecule has 1 N–H and O–H groups in total. The van der Waals surface area contributed by atoms with Crippen LogP contribution < -0.4 is 9.47 Å². The SMILES string of the molecule is COc1ccc(C2Cc3[nH]ncc3C(Cl)C2)c(OC)c1. The van der Waals surface area contributed by atoms with Crippen molar-refractivity contribution in [1.29, 1.82) is 0 Å². The van der Waals surface area contributed by atoms with Gasteiger partial charge in [0.25, 0.3) is 0 Å². The van der Waals surface area contributed by atoms with Crippen LogP contribution in [0.1, 0.15) is 34.5 Å². The Morgan fingerprint density at radius 1 is 1.25 bits per heavy atom. The number of halogens is 1. The summed E-state index contributed by atoms with van der Waals surface area (Å²) in [6.07, 6.45) is 3.62. The van der Waals surface area contributed by atoms with E-state index in [0.29, 0.717) is 5.92 Å². The number of hydrogen-bond acceptors (Lipinski definition) is 3. The van der Waals surface area contributed by atoms with Crippen molar-refractivity contribution in [1.82, 2.24) is 10.2 Å². The molecule has 4 nitrogen and oxygen atoms in total. The average molecular weight is 293 g/mol. The monoisotopic (exact) mass is 292 g/mol. The molecule has 1 heterocycles. The molecule has 0 radical (unpaired) electrons. The van der Waals surface area contributed by atoms with E-state index in [2.05, 4.69) is 16.3 Å². The molecule has 2 aromatic rings. The van der Waals surface area contributed by atoms with Gasteiger partial charge in [0.15, 0.2) is 0 Å². The molecule has 2 unspecified atom stereocenters. The molecule has 1 aliphatic rings. The fourth-order valence-corrected chi connectivity index (χ4v) is 3.26. The van der Waals surface area contributed by atoms with Crippen molar-refractivity contribution in [2.45, 2.75) is 24.1 Å². The number of alkyl halides is 1. The second-order valence-corrected chi connectivity index (χ2v) is 5.54. The van der Waals surface area contributed by atoms with Crippen molar-refractivity contribution >= 4 is 11.6 Å². The Bertz CT molecular complexity index is 612. The minimum Gasteiger partial charge on any atom is -0.497 e. The lowest BCUT2D eigenvalue weighted by atomic mass is 9.82. The molecule has 1 aromatic carbocycles. The first-order valence-corrected chi connectivity index (χ1v) is 7.04. The largest absolute Gasteiger partial charge is 0.497 e. The standard InChI is InChI=1S/C15H17ClN2O2/c1-19-10-3-4-11(15(7-10)20-2)9-5-13(16)12-8-17-18-14(12)6-9/h3-4,7-9,13H,5-6H2,1-2H3,(H,17,18). The Morgan fingerprint density at radius 3 is 2.85 bits per heavy atom. The maximum Gasteiger partial charge on any atom is 0.126 e. The number of nitrogens with one attached hydrogen (secondary N) is 1. The van der Waals surface area contributed by atoms with Crippen molar-refractivity contribution in [2.75, 3.05) is 14.2 Å². The van der Waals surface area contributed by atoms with Gasteiger partial charge in [-0.25, -0.2) is 0 Å². The molecule has 0 fully saturated rings. The number of aromatic nitrogens is 2. The van der Waals surface area contributed by atoms with Gasteiger partial charge in [-0.05, 0) is 30.4 Å². The Morgan fingerprint density at radius 2 is 2.10 bits per heavy atom. The molecule has 0 spiro atoms. The van der Waals surface area contributed by atoms with Gasteiger partial charge >= 0.3 is 0 Å². The molecule has 5 heteroatoms. The molecule has 0 saturated carbocycles. The number of benzene rings is 1. The molecule has 0 amide bonds. The number of hydrogen-bond donors (Lipinski definition) is 1. The summed E-state index contributed by atoms with van der Waals surface area (Å²) in [5, 5.41) is 7.13. The number of rotatable bonds is 3. The maximum absolute atomic E-state index is 6.46. The number of H-pyrrole nitrogens is 1. The summed E-state index contributed by atoms with van der Waals surface area (Å²) in [6.45, 7) is 0. The highest BCUT2D eigenvalue weighted by Gasteiger charge is 2.29. The van der Waals surface area contributed by atoms with Crippen LogP contribution in [-0.4, -0.2) is 24.4 Å². The van der Waals surface area contributed by atoms with Gasteiger partial charge in [0.05, 0.1) is 25.8 Å². The van der Waals surface area contributed by atoms with Crippen LogP contribution in [0.25, 0.3) is 0 Å². The summed E-state index contributed by atoms with van der Waals surface area (Å²) >= 11 is 6.46. The van der Waals surface area contributed by atoms with Crippen molar-refractivity contribution in [3.8, 4) is 11.5 Å². The number of fused-ring (bicyclic) bond motifs is 1. The Hall–Kier alpha value is -1.68. The second-order valence-electron chi connectivity index (χ2n) is 5.02. The van der Waals surface area contributed by atoms with Crippen LogP contribution >= 0.6 is 11.6 Å². The molecule has 0 bridgehead atoms. The van der Waals surface area contributed by atoms with E-state index in [1.165, 1.54) is 5.56 Å². The fourth-order valence-electron chi connectivity index (χ4n) is 2.85. The van der Waals surface area contributed by atoms with Gasteiger partial charge in [0.1, 0.15) is 11.5 Å². The quantitative estimate of drug-likeness (QED) is 0.882. The highest BCUT2D eigenvalue weighted by molar-refractivity contribution is 6.21. The van der Waals surface area contributed by atoms with Gasteiger partial charge in [0.2, 0.25) is 0 Å². The lowest BCUT2D eigenvalue weighted by molar-refractivity contribution is 0.385. The van der Waals surface area contributed by atoms with Gasteiger partial charge in [-0.1, -0.05) is 6.07 Å². The third-order valence-corrected chi connectivity index (χ3v) is 4.32. The summed E-state index contributed by atoms with van der Waals surface area (Å²) in [6, 6.07) is 5.94. The molecule has 1 aliphatic carbocycles. The Labute approximate surface area is 123 Å². The molecule has 1 aromatic heterocycles. The van der Waals surface area contributed by atoms with Gasteiger partial charge in [-0.15, -0.1) is 11.6 Å². The van der Waals surface area contributed by atoms with Crippen molar-refractivity contribution in [2.24, 2.45) is 0 Å². The zero-order valence-corrected chi connectivity index (χ0v) is 12.3. The van der Waals surface area contributed by atoms with E-state index in [1.807, 2.05) is 18.3 Å². The first-order valence-electron chi connectivity index (χ1n) is 6.61. The first kappa shape index (κ1) is 13.3. The zero-order chi connectivity index (χ0) is 14.1. The minimum absolute atomic E-state index is 0.00527. The molecular formula is C15H17ClN2O2. The van der Waals surface area contributed by atoms with Crippen molar-refractivity contribution in [3.05, 3.63) is 41.2 Å². The van der Waals surface area contributed by atoms with E-state index < -0.39 is 0 Å². The van der Waals surface area contributed by atoms with Crippen LogP contribution in [0.5, 0.6) is 11.5 Å². The van der Waals surface area contributed by atoms with E-state index in [-0.39, 0.29) is 5.38 Å². The van der Waals surface area contributed by atoms with E-state index in [4.69, 9.17) is 21.1 Å². The fraction of sp³-hybridized carbons (Fsp3) is 0.400. The molecule has 106 valence electrons. The average Bonchev–Trinajstić information content (AvgIpc) is 2.95. The highest BCUT2D eigenvalue weighted by Crippen LogP contribution is 2.44. The van der Waals surface area contributed by atoms with E-state index in [9.17, 15) is 0 Å². The Balaban J connectivity index is 1.94. The van der Waals surface area contributed by atoms with Gasteiger partial charge in [-0.3, -0.25) is 5.10 Å². The molecule has 20 heavy (non-hydrogen) atoms. The predicted molar refractivity (Wildman–Crippen MR) is 77.8 cm³/mol. The normalized spacial score (nSPS) is 21.4. The van der Waals surface area contributed by atoms with E-state index in [0.717, 1.165) is 35.6 Å². The maximum atomic E-state index is 6.46. The van der Waals surface area contributed by atoms with Gasteiger partial charge in [-0.2, -0.15) is 5.10 Å². The second kappa shape index (κ2) is 5.37. The van der Waals surface area contributed by atoms with Crippen LogP contribution in [0.15, 0.2) is 24.4 Å².